The standard InChI is InChI=1S/C20H13F3N6/c21-20(22,23)17-4-2-14(10-25-17)28-8-6-13-9-12(1-3-16(13)28)15-11-26-18-5-7-27-29(18)19(15)24/h1-11H,24H2. The van der Waals surface area contributed by atoms with Crippen LogP contribution in [-0.4, -0.2) is 24.1 Å². The summed E-state index contributed by atoms with van der Waals surface area (Å²) in [7, 11) is 0. The molecule has 0 bridgehead atoms. The maximum atomic E-state index is 12.7. The maximum Gasteiger partial charge on any atom is 0.433 e. The van der Waals surface area contributed by atoms with Crippen LogP contribution in [0.5, 0.6) is 0 Å². The Bertz CT molecular complexity index is 1350. The van der Waals surface area contributed by atoms with Gasteiger partial charge in [-0.05, 0) is 35.9 Å². The SMILES string of the molecule is Nc1c(-c2ccc3c(ccn3-c3ccc(C(F)(F)F)nc3)c2)cnc2ccnn12. The Morgan fingerprint density at radius 3 is 2.55 bits per heavy atom. The Kier molecular flexibility index (Phi) is 3.60. The third-order valence-corrected chi connectivity index (χ3v) is 4.77. The Morgan fingerprint density at radius 2 is 1.79 bits per heavy atom. The fourth-order valence-electron chi connectivity index (χ4n) is 3.34. The Labute approximate surface area is 162 Å². The van der Waals surface area contributed by atoms with Gasteiger partial charge in [0.25, 0.3) is 0 Å². The molecule has 29 heavy (non-hydrogen) atoms. The van der Waals surface area contributed by atoms with Crippen molar-refractivity contribution in [3.63, 3.8) is 0 Å². The predicted octanol–water partition coefficient (Wildman–Crippen LogP) is 4.34. The second-order valence-electron chi connectivity index (χ2n) is 6.52. The average Bonchev–Trinajstić information content (AvgIpc) is 3.34. The predicted molar refractivity (Wildman–Crippen MR) is 102 cm³/mol. The molecule has 0 aliphatic heterocycles. The number of nitrogens with zero attached hydrogens (tertiary/aromatic N) is 5. The van der Waals surface area contributed by atoms with Gasteiger partial charge < -0.3 is 10.3 Å². The first kappa shape index (κ1) is 17.2. The lowest BCUT2D eigenvalue weighted by Gasteiger charge is -2.10. The van der Waals surface area contributed by atoms with Gasteiger partial charge in [-0.25, -0.2) is 9.97 Å². The molecule has 5 rings (SSSR count). The van der Waals surface area contributed by atoms with Crippen molar-refractivity contribution in [2.24, 2.45) is 0 Å². The van der Waals surface area contributed by atoms with E-state index in [0.717, 1.165) is 28.1 Å². The van der Waals surface area contributed by atoms with Crippen LogP contribution in [0.25, 0.3) is 33.4 Å². The summed E-state index contributed by atoms with van der Waals surface area (Å²) in [4.78, 5) is 7.89. The summed E-state index contributed by atoms with van der Waals surface area (Å²) in [5, 5.41) is 5.08. The lowest BCUT2D eigenvalue weighted by molar-refractivity contribution is -0.141. The molecule has 4 aromatic heterocycles. The molecule has 0 saturated carbocycles. The van der Waals surface area contributed by atoms with Crippen LogP contribution in [-0.2, 0) is 6.18 Å². The molecule has 5 aromatic rings. The van der Waals surface area contributed by atoms with Crippen LogP contribution in [0.4, 0.5) is 19.0 Å². The van der Waals surface area contributed by atoms with E-state index in [1.807, 2.05) is 24.3 Å². The van der Waals surface area contributed by atoms with Gasteiger partial charge in [-0.15, -0.1) is 0 Å². The summed E-state index contributed by atoms with van der Waals surface area (Å²) in [6, 6.07) is 11.7. The number of hydrogen-bond acceptors (Lipinski definition) is 4. The highest BCUT2D eigenvalue weighted by Crippen LogP contribution is 2.31. The maximum absolute atomic E-state index is 12.7. The summed E-state index contributed by atoms with van der Waals surface area (Å²) in [5.41, 5.74) is 8.96. The average molecular weight is 394 g/mol. The van der Waals surface area contributed by atoms with E-state index in [1.54, 1.807) is 33.7 Å². The third-order valence-electron chi connectivity index (χ3n) is 4.77. The van der Waals surface area contributed by atoms with Crippen LogP contribution >= 0.6 is 0 Å². The van der Waals surface area contributed by atoms with Gasteiger partial charge in [-0.3, -0.25) is 0 Å². The van der Waals surface area contributed by atoms with Crippen molar-refractivity contribution < 1.29 is 13.2 Å². The zero-order chi connectivity index (χ0) is 20.2. The molecule has 0 radical (unpaired) electrons. The van der Waals surface area contributed by atoms with Crippen LogP contribution in [0.3, 0.4) is 0 Å². The highest BCUT2D eigenvalue weighted by Gasteiger charge is 2.32. The molecular weight excluding hydrogens is 381 g/mol. The first-order valence-corrected chi connectivity index (χ1v) is 8.65. The molecule has 0 aliphatic rings. The number of anilines is 1. The zero-order valence-electron chi connectivity index (χ0n) is 14.8. The van der Waals surface area contributed by atoms with E-state index in [4.69, 9.17) is 5.73 Å². The van der Waals surface area contributed by atoms with Gasteiger partial charge >= 0.3 is 6.18 Å². The monoisotopic (exact) mass is 394 g/mol. The van der Waals surface area contributed by atoms with Gasteiger partial charge in [0.05, 0.1) is 23.6 Å². The number of benzene rings is 1. The Hall–Kier alpha value is -3.88. The molecule has 6 nitrogen and oxygen atoms in total. The number of aromatic nitrogens is 5. The number of hydrogen-bond donors (Lipinski definition) is 1. The first-order valence-electron chi connectivity index (χ1n) is 8.65. The van der Waals surface area contributed by atoms with Crippen molar-refractivity contribution in [3.8, 4) is 16.8 Å². The molecule has 9 heteroatoms. The van der Waals surface area contributed by atoms with Crippen LogP contribution in [0.15, 0.2) is 67.3 Å². The molecule has 4 heterocycles. The molecule has 0 amide bonds. The molecular formula is C20H13F3N6. The number of rotatable bonds is 2. The second-order valence-corrected chi connectivity index (χ2v) is 6.52. The summed E-state index contributed by atoms with van der Waals surface area (Å²) >= 11 is 0. The number of nitrogen functional groups attached to an aromatic ring is 1. The Morgan fingerprint density at radius 1 is 0.931 bits per heavy atom. The molecule has 2 N–H and O–H groups in total. The van der Waals surface area contributed by atoms with E-state index in [9.17, 15) is 13.2 Å². The molecule has 0 saturated heterocycles. The van der Waals surface area contributed by atoms with Gasteiger partial charge in [0, 0.05) is 29.4 Å². The normalized spacial score (nSPS) is 12.1. The van der Waals surface area contributed by atoms with Crippen molar-refractivity contribution in [2.75, 3.05) is 5.73 Å². The van der Waals surface area contributed by atoms with Crippen molar-refractivity contribution >= 4 is 22.4 Å². The second kappa shape index (κ2) is 6.06. The fraction of sp³-hybridized carbons (Fsp3) is 0.0500. The quantitative estimate of drug-likeness (QED) is 0.484. The van der Waals surface area contributed by atoms with Crippen LogP contribution in [0.1, 0.15) is 5.69 Å². The minimum Gasteiger partial charge on any atom is -0.383 e. The molecule has 0 unspecified atom stereocenters. The van der Waals surface area contributed by atoms with E-state index in [0.29, 0.717) is 17.2 Å². The minimum absolute atomic E-state index is 0.478. The van der Waals surface area contributed by atoms with Crippen LogP contribution in [0.2, 0.25) is 0 Å². The van der Waals surface area contributed by atoms with Gasteiger partial charge in [0.1, 0.15) is 11.5 Å². The number of pyridine rings is 1. The topological polar surface area (TPSA) is 74.0 Å². The highest BCUT2D eigenvalue weighted by molar-refractivity contribution is 5.88. The largest absolute Gasteiger partial charge is 0.433 e. The first-order chi connectivity index (χ1) is 13.9. The van der Waals surface area contributed by atoms with E-state index >= 15 is 0 Å². The van der Waals surface area contributed by atoms with Gasteiger partial charge in [-0.2, -0.15) is 22.8 Å². The fourth-order valence-corrected chi connectivity index (χ4v) is 3.34. The summed E-state index contributed by atoms with van der Waals surface area (Å²) in [5.74, 6) is 0.478. The lowest BCUT2D eigenvalue weighted by Crippen LogP contribution is -2.08. The van der Waals surface area contributed by atoms with Crippen LogP contribution in [0, 0.1) is 0 Å². The summed E-state index contributed by atoms with van der Waals surface area (Å²) < 4.78 is 41.6. The molecule has 144 valence electrons. The van der Waals surface area contributed by atoms with E-state index < -0.39 is 11.9 Å². The number of nitrogens with two attached hydrogens (primary N) is 1. The smallest absolute Gasteiger partial charge is 0.383 e. The minimum atomic E-state index is -4.46. The molecule has 1 aromatic carbocycles. The van der Waals surface area contributed by atoms with E-state index in [2.05, 4.69) is 15.1 Å². The van der Waals surface area contributed by atoms with Crippen LogP contribution < -0.4 is 5.73 Å². The van der Waals surface area contributed by atoms with Crippen molar-refractivity contribution in [1.29, 1.82) is 0 Å². The summed E-state index contributed by atoms with van der Waals surface area (Å²) in [6.07, 6.45) is 1.87. The van der Waals surface area contributed by atoms with Crippen molar-refractivity contribution in [1.82, 2.24) is 24.1 Å². The third kappa shape index (κ3) is 2.78. The van der Waals surface area contributed by atoms with Crippen molar-refractivity contribution in [2.45, 2.75) is 6.18 Å². The molecule has 0 fully saturated rings. The van der Waals surface area contributed by atoms with Gasteiger partial charge in [-0.1, -0.05) is 6.07 Å². The van der Waals surface area contributed by atoms with Gasteiger partial charge in [0.2, 0.25) is 0 Å². The highest BCUT2D eigenvalue weighted by atomic mass is 19.4. The van der Waals surface area contributed by atoms with Crippen molar-refractivity contribution in [3.05, 3.63) is 72.9 Å². The molecule has 0 spiro atoms. The number of alkyl halides is 3. The van der Waals surface area contributed by atoms with Gasteiger partial charge in [0.15, 0.2) is 5.65 Å². The Balaban J connectivity index is 1.57. The van der Waals surface area contributed by atoms with E-state index in [-0.39, 0.29) is 0 Å². The molecule has 0 aliphatic carbocycles. The lowest BCUT2D eigenvalue weighted by atomic mass is 10.1. The number of halogens is 3. The zero-order valence-corrected chi connectivity index (χ0v) is 14.8. The van der Waals surface area contributed by atoms with E-state index in [1.165, 1.54) is 12.3 Å². The molecule has 0 atom stereocenters. The summed E-state index contributed by atoms with van der Waals surface area (Å²) in [6.45, 7) is 0. The number of fused-ring (bicyclic) bond motifs is 2.